The van der Waals surface area contributed by atoms with Crippen molar-refractivity contribution in [1.29, 1.82) is 0 Å². The van der Waals surface area contributed by atoms with Gasteiger partial charge in [-0.3, -0.25) is 4.99 Å². The van der Waals surface area contributed by atoms with E-state index in [-0.39, 0.29) is 36.6 Å². The van der Waals surface area contributed by atoms with Gasteiger partial charge in [0.1, 0.15) is 5.76 Å². The summed E-state index contributed by atoms with van der Waals surface area (Å²) in [6.45, 7) is 7.92. The fourth-order valence-corrected chi connectivity index (χ4v) is 1.66. The van der Waals surface area contributed by atoms with E-state index in [0.29, 0.717) is 5.92 Å². The van der Waals surface area contributed by atoms with Gasteiger partial charge in [-0.05, 0) is 24.5 Å². The third kappa shape index (κ3) is 8.98. The summed E-state index contributed by atoms with van der Waals surface area (Å²) in [4.78, 5) is 4.53. The molecule has 5 nitrogen and oxygen atoms in total. The van der Waals surface area contributed by atoms with E-state index < -0.39 is 0 Å². The van der Waals surface area contributed by atoms with Crippen LogP contribution in [-0.2, 0) is 6.42 Å². The second kappa shape index (κ2) is 11.9. The summed E-state index contributed by atoms with van der Waals surface area (Å²) in [5, 5.41) is 15.8. The number of aliphatic hydroxyl groups is 1. The topological polar surface area (TPSA) is 69.8 Å². The van der Waals surface area contributed by atoms with Crippen molar-refractivity contribution in [2.24, 2.45) is 10.9 Å². The van der Waals surface area contributed by atoms with Crippen molar-refractivity contribution in [2.75, 3.05) is 19.7 Å². The summed E-state index contributed by atoms with van der Waals surface area (Å²) in [5.74, 6) is 2.22. The third-order valence-electron chi connectivity index (χ3n) is 2.91. The molecule has 0 aliphatic carbocycles. The molecule has 0 aliphatic heterocycles. The van der Waals surface area contributed by atoms with Gasteiger partial charge in [0.2, 0.25) is 0 Å². The van der Waals surface area contributed by atoms with Crippen molar-refractivity contribution in [2.45, 2.75) is 39.7 Å². The van der Waals surface area contributed by atoms with E-state index in [4.69, 9.17) is 4.42 Å². The lowest BCUT2D eigenvalue weighted by Crippen LogP contribution is -2.45. The van der Waals surface area contributed by atoms with Gasteiger partial charge in [-0.2, -0.15) is 0 Å². The molecule has 0 amide bonds. The highest BCUT2D eigenvalue weighted by Crippen LogP contribution is 1.99. The van der Waals surface area contributed by atoms with Crippen LogP contribution in [0.2, 0.25) is 0 Å². The minimum absolute atomic E-state index is 0. The predicted molar refractivity (Wildman–Crippen MR) is 97.3 cm³/mol. The molecule has 21 heavy (non-hydrogen) atoms. The van der Waals surface area contributed by atoms with Crippen LogP contribution in [0.3, 0.4) is 0 Å². The Morgan fingerprint density at radius 1 is 1.43 bits per heavy atom. The van der Waals surface area contributed by atoms with Gasteiger partial charge < -0.3 is 20.2 Å². The number of furan rings is 1. The molecular formula is C15H28IN3O2. The molecule has 0 aromatic carbocycles. The quantitative estimate of drug-likeness (QED) is 0.351. The number of aliphatic imine (C=N–C) groups is 1. The summed E-state index contributed by atoms with van der Waals surface area (Å²) in [6.07, 6.45) is 3.35. The monoisotopic (exact) mass is 409 g/mol. The molecule has 0 saturated heterocycles. The van der Waals surface area contributed by atoms with Crippen molar-refractivity contribution >= 4 is 29.9 Å². The Bertz CT molecular complexity index is 376. The van der Waals surface area contributed by atoms with E-state index in [9.17, 15) is 5.11 Å². The van der Waals surface area contributed by atoms with Crippen LogP contribution in [0.4, 0.5) is 0 Å². The highest BCUT2D eigenvalue weighted by atomic mass is 127. The van der Waals surface area contributed by atoms with Gasteiger partial charge in [0.05, 0.1) is 18.9 Å². The maximum Gasteiger partial charge on any atom is 0.191 e. The van der Waals surface area contributed by atoms with Crippen LogP contribution in [0, 0.1) is 5.92 Å². The maximum absolute atomic E-state index is 9.27. The Labute approximate surface area is 144 Å². The van der Waals surface area contributed by atoms with E-state index in [0.717, 1.165) is 37.7 Å². The standard InChI is InChI=1S/C15H27N3O2.HI/c1-4-13(11-19)18-15(17-10-12(2)3)16-8-7-14-6-5-9-20-14;/h5-6,9,12-13,19H,4,7-8,10-11H2,1-3H3,(H2,16,17,18);1H/t13-;/m1./s1. The minimum atomic E-state index is 0. The first-order chi connectivity index (χ1) is 9.65. The molecule has 1 heterocycles. The summed E-state index contributed by atoms with van der Waals surface area (Å²) in [7, 11) is 0. The molecule has 0 radical (unpaired) electrons. The number of guanidine groups is 1. The molecular weight excluding hydrogens is 381 g/mol. The van der Waals surface area contributed by atoms with Crippen LogP contribution in [0.5, 0.6) is 0 Å². The van der Waals surface area contributed by atoms with Gasteiger partial charge in [0.25, 0.3) is 0 Å². The first-order valence-electron chi connectivity index (χ1n) is 7.33. The lowest BCUT2D eigenvalue weighted by Gasteiger charge is -2.19. The Morgan fingerprint density at radius 3 is 2.71 bits per heavy atom. The smallest absolute Gasteiger partial charge is 0.191 e. The van der Waals surface area contributed by atoms with Gasteiger partial charge in [0, 0.05) is 19.5 Å². The average molecular weight is 409 g/mol. The molecule has 1 atom stereocenters. The third-order valence-corrected chi connectivity index (χ3v) is 2.91. The first-order valence-corrected chi connectivity index (χ1v) is 7.33. The molecule has 0 aliphatic rings. The zero-order valence-electron chi connectivity index (χ0n) is 13.1. The highest BCUT2D eigenvalue weighted by molar-refractivity contribution is 14.0. The fraction of sp³-hybridized carbons (Fsp3) is 0.667. The highest BCUT2D eigenvalue weighted by Gasteiger charge is 2.07. The van der Waals surface area contributed by atoms with E-state index in [1.54, 1.807) is 6.26 Å². The largest absolute Gasteiger partial charge is 0.469 e. The van der Waals surface area contributed by atoms with Gasteiger partial charge in [-0.1, -0.05) is 20.8 Å². The number of nitrogens with one attached hydrogen (secondary N) is 2. The Hall–Kier alpha value is -0.760. The number of halogens is 1. The fourth-order valence-electron chi connectivity index (χ4n) is 1.66. The average Bonchev–Trinajstić information content (AvgIpc) is 2.94. The molecule has 1 aromatic rings. The van der Waals surface area contributed by atoms with Crippen molar-refractivity contribution < 1.29 is 9.52 Å². The number of nitrogens with zero attached hydrogens (tertiary/aromatic N) is 1. The number of hydrogen-bond acceptors (Lipinski definition) is 3. The van der Waals surface area contributed by atoms with Crippen LogP contribution >= 0.6 is 24.0 Å². The van der Waals surface area contributed by atoms with Crippen molar-refractivity contribution in [1.82, 2.24) is 10.6 Å². The Morgan fingerprint density at radius 2 is 2.19 bits per heavy atom. The Kier molecular flexibility index (Phi) is 11.4. The van der Waals surface area contributed by atoms with Gasteiger partial charge >= 0.3 is 0 Å². The summed E-state index contributed by atoms with van der Waals surface area (Å²) in [5.41, 5.74) is 0. The van der Waals surface area contributed by atoms with Crippen LogP contribution in [-0.4, -0.2) is 36.8 Å². The molecule has 0 unspecified atom stereocenters. The van der Waals surface area contributed by atoms with Crippen LogP contribution in [0.15, 0.2) is 27.8 Å². The zero-order chi connectivity index (χ0) is 14.8. The van der Waals surface area contributed by atoms with Gasteiger partial charge in [-0.15, -0.1) is 24.0 Å². The molecule has 122 valence electrons. The predicted octanol–water partition coefficient (Wildman–Crippen LogP) is 2.40. The van der Waals surface area contributed by atoms with Crippen molar-refractivity contribution in [3.05, 3.63) is 24.2 Å². The number of aliphatic hydroxyl groups excluding tert-OH is 1. The van der Waals surface area contributed by atoms with Gasteiger partial charge in [-0.25, -0.2) is 0 Å². The molecule has 3 N–H and O–H groups in total. The first kappa shape index (κ1) is 20.2. The molecule has 0 bridgehead atoms. The summed E-state index contributed by atoms with van der Waals surface area (Å²) < 4.78 is 5.30. The summed E-state index contributed by atoms with van der Waals surface area (Å²) >= 11 is 0. The zero-order valence-corrected chi connectivity index (χ0v) is 15.5. The normalized spacial score (nSPS) is 12.9. The number of hydrogen-bond donors (Lipinski definition) is 3. The van der Waals surface area contributed by atoms with Crippen LogP contribution in [0.25, 0.3) is 0 Å². The van der Waals surface area contributed by atoms with Crippen molar-refractivity contribution in [3.8, 4) is 0 Å². The maximum atomic E-state index is 9.27. The van der Waals surface area contributed by atoms with Crippen LogP contribution in [0.1, 0.15) is 33.0 Å². The van der Waals surface area contributed by atoms with Crippen LogP contribution < -0.4 is 10.6 Å². The number of rotatable bonds is 8. The van der Waals surface area contributed by atoms with Crippen molar-refractivity contribution in [3.63, 3.8) is 0 Å². The molecule has 6 heteroatoms. The molecule has 1 rings (SSSR count). The lowest BCUT2D eigenvalue weighted by molar-refractivity contribution is 0.251. The van der Waals surface area contributed by atoms with E-state index in [1.165, 1.54) is 0 Å². The van der Waals surface area contributed by atoms with E-state index >= 15 is 0 Å². The van der Waals surface area contributed by atoms with Gasteiger partial charge in [0.15, 0.2) is 5.96 Å². The second-order valence-corrected chi connectivity index (χ2v) is 5.27. The Balaban J connectivity index is 0.00000400. The molecule has 0 spiro atoms. The molecule has 0 fully saturated rings. The second-order valence-electron chi connectivity index (χ2n) is 5.27. The minimum Gasteiger partial charge on any atom is -0.469 e. The SMILES string of the molecule is CC[C@H](CO)NC(=NCC(C)C)NCCc1ccco1.I. The molecule has 0 saturated carbocycles. The summed E-state index contributed by atoms with van der Waals surface area (Å²) in [6, 6.07) is 3.89. The van der Waals surface area contributed by atoms with E-state index in [1.807, 2.05) is 19.1 Å². The molecule has 1 aromatic heterocycles. The van der Waals surface area contributed by atoms with E-state index in [2.05, 4.69) is 29.5 Å². The lowest BCUT2D eigenvalue weighted by atomic mass is 10.2.